The minimum Gasteiger partial charge on any atom is -0.496 e. The second-order valence-electron chi connectivity index (χ2n) is 11.6. The monoisotopic (exact) mass is 640 g/mol. The zero-order valence-corrected chi connectivity index (χ0v) is 27.0. The summed E-state index contributed by atoms with van der Waals surface area (Å²) in [5.74, 6) is -0.408. The molecule has 0 saturated heterocycles. The lowest BCUT2D eigenvalue weighted by atomic mass is 9.96. The Kier molecular flexibility index (Phi) is 9.35. The van der Waals surface area contributed by atoms with Crippen LogP contribution in [0.15, 0.2) is 40.2 Å². The van der Waals surface area contributed by atoms with Gasteiger partial charge in [-0.05, 0) is 58.7 Å². The minimum absolute atomic E-state index is 0.132. The predicted molar refractivity (Wildman–Crippen MR) is 167 cm³/mol. The third-order valence-electron chi connectivity index (χ3n) is 8.42. The van der Waals surface area contributed by atoms with Gasteiger partial charge in [-0.2, -0.15) is 10.2 Å². The Morgan fingerprint density at radius 1 is 1.13 bits per heavy atom. The highest BCUT2D eigenvalue weighted by Crippen LogP contribution is 2.36. The lowest BCUT2D eigenvalue weighted by Crippen LogP contribution is -2.48. The van der Waals surface area contributed by atoms with E-state index < -0.39 is 35.1 Å². The van der Waals surface area contributed by atoms with Crippen molar-refractivity contribution in [3.63, 3.8) is 0 Å². The number of amides is 1. The summed E-state index contributed by atoms with van der Waals surface area (Å²) in [6.45, 7) is 6.82. The Balaban J connectivity index is 1.73. The molecule has 45 heavy (non-hydrogen) atoms. The first-order chi connectivity index (χ1) is 21.4. The maximum atomic E-state index is 14.7. The fourth-order valence-corrected chi connectivity index (χ4v) is 6.86. The number of aryl methyl sites for hydroxylation is 1. The fraction of sp³-hybridized carbons (Fsp3) is 0.484. The first-order valence-electron chi connectivity index (χ1n) is 14.8. The third kappa shape index (κ3) is 6.21. The van der Waals surface area contributed by atoms with Crippen LogP contribution >= 0.6 is 11.3 Å². The average Bonchev–Trinajstić information content (AvgIpc) is 3.67. The number of rotatable bonds is 10. The molecule has 2 atom stereocenters. The van der Waals surface area contributed by atoms with Gasteiger partial charge < -0.3 is 14.4 Å². The molecule has 0 unspecified atom stereocenters. The second kappa shape index (κ2) is 13.1. The van der Waals surface area contributed by atoms with Gasteiger partial charge in [0.15, 0.2) is 0 Å². The first kappa shape index (κ1) is 32.2. The Morgan fingerprint density at radius 2 is 1.80 bits per heavy atom. The van der Waals surface area contributed by atoms with Gasteiger partial charge >= 0.3 is 5.69 Å². The number of halogens is 1. The van der Waals surface area contributed by atoms with Crippen LogP contribution in [-0.4, -0.2) is 67.0 Å². The zero-order valence-electron chi connectivity index (χ0n) is 26.2. The number of nitrogens with zero attached hydrogens (tertiary/aromatic N) is 6. The van der Waals surface area contributed by atoms with Crippen LogP contribution in [0, 0.1) is 12.7 Å². The lowest BCUT2D eigenvalue weighted by molar-refractivity contribution is -0.134. The van der Waals surface area contributed by atoms with Gasteiger partial charge in [0, 0.05) is 37.1 Å². The molecule has 12 nitrogen and oxygen atoms in total. The van der Waals surface area contributed by atoms with Gasteiger partial charge in [-0.15, -0.1) is 4.80 Å². The number of thiophene rings is 1. The SMILES string of the molecule is COc1ccc(F)cc1[C@H](Cn1c(=O)n([C@H](C)C(=O)N(C)C(C)C)c(=O)c2c(C)c(-n3nccn3)sc21)OC1CCC(=O)CC1. The van der Waals surface area contributed by atoms with E-state index in [1.807, 2.05) is 13.8 Å². The minimum atomic E-state index is -1.12. The summed E-state index contributed by atoms with van der Waals surface area (Å²) in [6.07, 6.45) is 3.47. The van der Waals surface area contributed by atoms with Crippen LogP contribution in [0.2, 0.25) is 0 Å². The van der Waals surface area contributed by atoms with E-state index in [0.717, 1.165) is 15.9 Å². The van der Waals surface area contributed by atoms with Crippen LogP contribution in [-0.2, 0) is 20.9 Å². The molecule has 1 fully saturated rings. The Bertz CT molecular complexity index is 1840. The number of benzene rings is 1. The summed E-state index contributed by atoms with van der Waals surface area (Å²) in [4.78, 5) is 57.1. The lowest BCUT2D eigenvalue weighted by Gasteiger charge is -2.29. The maximum Gasteiger partial charge on any atom is 0.332 e. The summed E-state index contributed by atoms with van der Waals surface area (Å²) in [7, 11) is 3.08. The second-order valence-corrected chi connectivity index (χ2v) is 12.5. The Morgan fingerprint density at radius 3 is 2.42 bits per heavy atom. The molecule has 0 radical (unpaired) electrons. The van der Waals surface area contributed by atoms with E-state index in [4.69, 9.17) is 9.47 Å². The van der Waals surface area contributed by atoms with Crippen molar-refractivity contribution in [2.45, 2.75) is 84.2 Å². The number of carbonyl (C=O) groups excluding carboxylic acids is 2. The van der Waals surface area contributed by atoms with Crippen LogP contribution in [0.3, 0.4) is 0 Å². The molecule has 5 rings (SSSR count). The normalized spacial score (nSPS) is 15.5. The molecule has 3 aromatic heterocycles. The van der Waals surface area contributed by atoms with Crippen molar-refractivity contribution in [2.24, 2.45) is 0 Å². The van der Waals surface area contributed by atoms with Crippen molar-refractivity contribution >= 4 is 33.2 Å². The molecule has 1 aliphatic carbocycles. The molecule has 14 heteroatoms. The van der Waals surface area contributed by atoms with Gasteiger partial charge in [-0.3, -0.25) is 19.0 Å². The number of methoxy groups -OCH3 is 1. The van der Waals surface area contributed by atoms with Crippen molar-refractivity contribution in [1.82, 2.24) is 29.0 Å². The van der Waals surface area contributed by atoms with Gasteiger partial charge in [0.25, 0.3) is 5.56 Å². The number of ether oxygens (including phenoxy) is 2. The van der Waals surface area contributed by atoms with Crippen molar-refractivity contribution in [3.8, 4) is 10.8 Å². The van der Waals surface area contributed by atoms with E-state index in [2.05, 4.69) is 10.2 Å². The van der Waals surface area contributed by atoms with Crippen LogP contribution in [0.1, 0.15) is 69.7 Å². The molecule has 0 spiro atoms. The van der Waals surface area contributed by atoms with Crippen LogP contribution in [0.25, 0.3) is 15.2 Å². The molecule has 1 amide bonds. The van der Waals surface area contributed by atoms with Crippen molar-refractivity contribution in [2.75, 3.05) is 14.2 Å². The number of likely N-dealkylation sites (N-methyl/N-ethyl adjacent to an activating group) is 1. The zero-order chi connectivity index (χ0) is 32.6. The molecule has 1 saturated carbocycles. The summed E-state index contributed by atoms with van der Waals surface area (Å²) in [5, 5.41) is 9.22. The number of Topliss-reactive ketones (excluding diaryl/α,β-unsaturated/α-hetero) is 1. The van der Waals surface area contributed by atoms with E-state index >= 15 is 0 Å². The number of aromatic nitrogens is 5. The summed E-state index contributed by atoms with van der Waals surface area (Å²) >= 11 is 1.16. The fourth-order valence-electron chi connectivity index (χ4n) is 5.65. The molecular weight excluding hydrogens is 603 g/mol. The van der Waals surface area contributed by atoms with Crippen LogP contribution in [0.4, 0.5) is 4.39 Å². The topological polar surface area (TPSA) is 131 Å². The molecule has 1 aliphatic rings. The smallest absolute Gasteiger partial charge is 0.332 e. The molecule has 0 bridgehead atoms. The summed E-state index contributed by atoms with van der Waals surface area (Å²) < 4.78 is 29.2. The van der Waals surface area contributed by atoms with E-state index in [-0.39, 0.29) is 29.9 Å². The van der Waals surface area contributed by atoms with E-state index in [1.165, 1.54) is 58.9 Å². The molecule has 0 aliphatic heterocycles. The van der Waals surface area contributed by atoms with Gasteiger partial charge in [-0.25, -0.2) is 13.8 Å². The molecule has 1 aromatic carbocycles. The van der Waals surface area contributed by atoms with Crippen molar-refractivity contribution in [1.29, 1.82) is 0 Å². The van der Waals surface area contributed by atoms with E-state index in [1.54, 1.807) is 14.0 Å². The number of carbonyl (C=O) groups is 2. The van der Waals surface area contributed by atoms with Gasteiger partial charge in [-0.1, -0.05) is 11.3 Å². The summed E-state index contributed by atoms with van der Waals surface area (Å²) in [5.41, 5.74) is -0.405. The van der Waals surface area contributed by atoms with E-state index in [0.29, 0.717) is 52.4 Å². The molecule has 0 N–H and O–H groups in total. The van der Waals surface area contributed by atoms with E-state index in [9.17, 15) is 23.6 Å². The van der Waals surface area contributed by atoms with Gasteiger partial charge in [0.1, 0.15) is 39.3 Å². The molecule has 240 valence electrons. The van der Waals surface area contributed by atoms with Crippen molar-refractivity contribution in [3.05, 3.63) is 68.4 Å². The first-order valence-corrected chi connectivity index (χ1v) is 15.7. The van der Waals surface area contributed by atoms with Crippen molar-refractivity contribution < 1.29 is 23.5 Å². The quantitative estimate of drug-likeness (QED) is 0.255. The Hall–Kier alpha value is -4.17. The standard InChI is InChI=1S/C31H37FN6O6S/c1-17(2)35(5)27(40)19(4)37-28(41)26-18(3)29(38-33-13-14-34-38)45-30(26)36(31(37)42)16-25(44-22-10-8-21(39)9-11-22)23-15-20(32)7-12-24(23)43-6/h7,12-15,17,19,22,25H,8-11,16H2,1-6H3/t19-,25+/m1/s1. The number of ketones is 1. The maximum absolute atomic E-state index is 14.7. The molecule has 3 heterocycles. The molecule has 4 aromatic rings. The highest BCUT2D eigenvalue weighted by atomic mass is 32.1. The highest BCUT2D eigenvalue weighted by Gasteiger charge is 2.32. The molecular formula is C31H37FN6O6S. The number of hydrogen-bond donors (Lipinski definition) is 0. The van der Waals surface area contributed by atoms with Gasteiger partial charge in [0.05, 0.1) is 37.5 Å². The third-order valence-corrected chi connectivity index (χ3v) is 9.70. The Labute approximate surface area is 263 Å². The van der Waals surface area contributed by atoms with Crippen LogP contribution in [0.5, 0.6) is 5.75 Å². The van der Waals surface area contributed by atoms with Gasteiger partial charge in [0.2, 0.25) is 5.91 Å². The number of fused-ring (bicyclic) bond motifs is 1. The largest absolute Gasteiger partial charge is 0.496 e. The summed E-state index contributed by atoms with van der Waals surface area (Å²) in [6, 6.07) is 2.78. The average molecular weight is 641 g/mol. The number of hydrogen-bond acceptors (Lipinski definition) is 9. The van der Waals surface area contributed by atoms with Crippen LogP contribution < -0.4 is 16.0 Å². The highest BCUT2D eigenvalue weighted by molar-refractivity contribution is 7.21. The predicted octanol–water partition coefficient (Wildman–Crippen LogP) is 3.96.